The van der Waals surface area contributed by atoms with Crippen LogP contribution in [0.1, 0.15) is 30.9 Å². The van der Waals surface area contributed by atoms with Gasteiger partial charge in [-0.1, -0.05) is 24.3 Å². The first-order chi connectivity index (χ1) is 11.7. The number of likely N-dealkylation sites (N-methyl/N-ethyl adjacent to an activating group) is 1. The van der Waals surface area contributed by atoms with Gasteiger partial charge >= 0.3 is 0 Å². The van der Waals surface area contributed by atoms with Gasteiger partial charge in [-0.25, -0.2) is 4.99 Å². The molecule has 0 spiro atoms. The highest BCUT2D eigenvalue weighted by Gasteiger charge is 2.22. The second-order valence-corrected chi connectivity index (χ2v) is 7.01. The van der Waals surface area contributed by atoms with Crippen molar-refractivity contribution in [1.29, 1.82) is 0 Å². The van der Waals surface area contributed by atoms with E-state index in [0.29, 0.717) is 6.04 Å². The Balaban J connectivity index is 1.49. The van der Waals surface area contributed by atoms with E-state index in [1.807, 2.05) is 0 Å². The van der Waals surface area contributed by atoms with Gasteiger partial charge in [-0.2, -0.15) is 0 Å². The third kappa shape index (κ3) is 5.49. The lowest BCUT2D eigenvalue weighted by Crippen LogP contribution is -2.43. The van der Waals surface area contributed by atoms with Crippen molar-refractivity contribution in [2.75, 3.05) is 39.8 Å². The topological polar surface area (TPSA) is 42.9 Å². The van der Waals surface area contributed by atoms with Crippen LogP contribution in [0.5, 0.6) is 0 Å². The highest BCUT2D eigenvalue weighted by atomic mass is 15.2. The maximum atomic E-state index is 4.70. The molecule has 0 amide bonds. The minimum atomic E-state index is 0.633. The van der Waals surface area contributed by atoms with Gasteiger partial charge in [0.25, 0.3) is 0 Å². The molecule has 2 aliphatic rings. The van der Waals surface area contributed by atoms with E-state index in [-0.39, 0.29) is 0 Å². The van der Waals surface area contributed by atoms with Crippen LogP contribution in [0, 0.1) is 0 Å². The standard InChI is InChI=1S/C19H31N5/c1-3-20-19(22-18-8-9-18)21-14-16-4-6-17(7-5-16)15-24-12-10-23(2)11-13-24/h4-7,18H,3,8-15H2,1-2H3,(H2,20,21,22). The number of nitrogens with one attached hydrogen (secondary N) is 2. The molecular formula is C19H31N5. The Kier molecular flexibility index (Phi) is 6.10. The third-order valence-electron chi connectivity index (χ3n) is 4.71. The van der Waals surface area contributed by atoms with E-state index in [4.69, 9.17) is 4.99 Å². The first-order valence-corrected chi connectivity index (χ1v) is 9.26. The van der Waals surface area contributed by atoms with Gasteiger partial charge in [-0.05, 0) is 37.9 Å². The lowest BCUT2D eigenvalue weighted by Gasteiger charge is -2.32. The molecule has 2 N–H and O–H groups in total. The number of aliphatic imine (C=N–C) groups is 1. The molecule has 2 fully saturated rings. The third-order valence-corrected chi connectivity index (χ3v) is 4.71. The van der Waals surface area contributed by atoms with E-state index < -0.39 is 0 Å². The van der Waals surface area contributed by atoms with Gasteiger partial charge in [-0.3, -0.25) is 4.90 Å². The molecule has 132 valence electrons. The highest BCUT2D eigenvalue weighted by Crippen LogP contribution is 2.18. The predicted octanol–water partition coefficient (Wildman–Crippen LogP) is 1.65. The molecule has 0 aromatic heterocycles. The molecule has 0 bridgehead atoms. The molecule has 24 heavy (non-hydrogen) atoms. The first kappa shape index (κ1) is 17.2. The Morgan fingerprint density at radius 1 is 1.08 bits per heavy atom. The zero-order chi connectivity index (χ0) is 16.8. The van der Waals surface area contributed by atoms with Crippen molar-refractivity contribution in [1.82, 2.24) is 20.4 Å². The van der Waals surface area contributed by atoms with Crippen LogP contribution in [0.4, 0.5) is 0 Å². The number of hydrogen-bond acceptors (Lipinski definition) is 3. The first-order valence-electron chi connectivity index (χ1n) is 9.26. The van der Waals surface area contributed by atoms with Gasteiger partial charge in [0.2, 0.25) is 0 Å². The van der Waals surface area contributed by atoms with Crippen molar-refractivity contribution < 1.29 is 0 Å². The summed E-state index contributed by atoms with van der Waals surface area (Å²) < 4.78 is 0. The van der Waals surface area contributed by atoms with Crippen molar-refractivity contribution >= 4 is 5.96 Å². The zero-order valence-corrected chi connectivity index (χ0v) is 15.1. The van der Waals surface area contributed by atoms with Gasteiger partial charge in [0.05, 0.1) is 6.54 Å². The fourth-order valence-corrected chi connectivity index (χ4v) is 2.93. The van der Waals surface area contributed by atoms with Crippen LogP contribution in [0.3, 0.4) is 0 Å². The summed E-state index contributed by atoms with van der Waals surface area (Å²) in [7, 11) is 2.20. The number of nitrogens with zero attached hydrogens (tertiary/aromatic N) is 3. The Bertz CT molecular complexity index is 527. The molecule has 1 saturated heterocycles. The average molecular weight is 329 g/mol. The number of hydrogen-bond donors (Lipinski definition) is 2. The number of guanidine groups is 1. The molecule has 5 nitrogen and oxygen atoms in total. The summed E-state index contributed by atoms with van der Waals surface area (Å²) in [6.07, 6.45) is 2.54. The fourth-order valence-electron chi connectivity index (χ4n) is 2.93. The summed E-state index contributed by atoms with van der Waals surface area (Å²) in [6, 6.07) is 9.58. The smallest absolute Gasteiger partial charge is 0.191 e. The maximum Gasteiger partial charge on any atom is 0.191 e. The second-order valence-electron chi connectivity index (χ2n) is 7.01. The minimum Gasteiger partial charge on any atom is -0.357 e. The van der Waals surface area contributed by atoms with Crippen LogP contribution in [-0.4, -0.2) is 61.6 Å². The minimum absolute atomic E-state index is 0.633. The Hall–Kier alpha value is -1.59. The number of piperazine rings is 1. The molecule has 1 aromatic carbocycles. The van der Waals surface area contributed by atoms with Crippen molar-refractivity contribution in [3.63, 3.8) is 0 Å². The van der Waals surface area contributed by atoms with Crippen molar-refractivity contribution in [2.45, 2.75) is 38.9 Å². The van der Waals surface area contributed by atoms with Crippen molar-refractivity contribution in [3.8, 4) is 0 Å². The van der Waals surface area contributed by atoms with Crippen LogP contribution in [0.15, 0.2) is 29.3 Å². The number of rotatable bonds is 6. The van der Waals surface area contributed by atoms with Gasteiger partial charge in [-0.15, -0.1) is 0 Å². The van der Waals surface area contributed by atoms with Gasteiger partial charge < -0.3 is 15.5 Å². The van der Waals surface area contributed by atoms with E-state index >= 15 is 0 Å². The van der Waals surface area contributed by atoms with Gasteiger partial charge in [0.1, 0.15) is 0 Å². The number of benzene rings is 1. The molecule has 1 aliphatic heterocycles. The van der Waals surface area contributed by atoms with Gasteiger partial charge in [0.15, 0.2) is 5.96 Å². The lowest BCUT2D eigenvalue weighted by molar-refractivity contribution is 0.148. The van der Waals surface area contributed by atoms with Crippen molar-refractivity contribution in [2.24, 2.45) is 4.99 Å². The summed E-state index contributed by atoms with van der Waals surface area (Å²) in [5.74, 6) is 0.946. The summed E-state index contributed by atoms with van der Waals surface area (Å²) in [6.45, 7) is 9.49. The molecule has 5 heteroatoms. The van der Waals surface area contributed by atoms with Crippen LogP contribution >= 0.6 is 0 Å². The fraction of sp³-hybridized carbons (Fsp3) is 0.632. The van der Waals surface area contributed by atoms with E-state index in [1.54, 1.807) is 0 Å². The summed E-state index contributed by atoms with van der Waals surface area (Å²) in [4.78, 5) is 9.63. The molecule has 3 rings (SSSR count). The highest BCUT2D eigenvalue weighted by molar-refractivity contribution is 5.80. The van der Waals surface area contributed by atoms with Crippen LogP contribution in [-0.2, 0) is 13.1 Å². The molecule has 0 radical (unpaired) electrons. The van der Waals surface area contributed by atoms with Crippen molar-refractivity contribution in [3.05, 3.63) is 35.4 Å². The van der Waals surface area contributed by atoms with E-state index in [2.05, 4.69) is 58.7 Å². The van der Waals surface area contributed by atoms with Crippen LogP contribution < -0.4 is 10.6 Å². The SMILES string of the molecule is CCNC(=NCc1ccc(CN2CCN(C)CC2)cc1)NC1CC1. The van der Waals surface area contributed by atoms with E-state index in [0.717, 1.165) is 25.6 Å². The molecule has 1 heterocycles. The summed E-state index contributed by atoms with van der Waals surface area (Å²) in [5.41, 5.74) is 2.67. The largest absolute Gasteiger partial charge is 0.357 e. The monoisotopic (exact) mass is 329 g/mol. The summed E-state index contributed by atoms with van der Waals surface area (Å²) in [5, 5.41) is 6.78. The van der Waals surface area contributed by atoms with E-state index in [9.17, 15) is 0 Å². The van der Waals surface area contributed by atoms with Crippen LogP contribution in [0.25, 0.3) is 0 Å². The van der Waals surface area contributed by atoms with E-state index in [1.165, 1.54) is 50.1 Å². The quantitative estimate of drug-likeness (QED) is 0.615. The van der Waals surface area contributed by atoms with Gasteiger partial charge in [0, 0.05) is 45.3 Å². The van der Waals surface area contributed by atoms with Crippen LogP contribution in [0.2, 0.25) is 0 Å². The zero-order valence-electron chi connectivity index (χ0n) is 15.1. The maximum absolute atomic E-state index is 4.70. The molecule has 1 aliphatic carbocycles. The predicted molar refractivity (Wildman–Crippen MR) is 100 cm³/mol. The Morgan fingerprint density at radius 3 is 2.38 bits per heavy atom. The Labute approximate surface area is 146 Å². The Morgan fingerprint density at radius 2 is 1.75 bits per heavy atom. The molecule has 1 saturated carbocycles. The molecule has 0 unspecified atom stereocenters. The molecular weight excluding hydrogens is 298 g/mol. The normalized spacial score (nSPS) is 20.2. The summed E-state index contributed by atoms with van der Waals surface area (Å²) >= 11 is 0. The average Bonchev–Trinajstić information content (AvgIpc) is 3.40. The second kappa shape index (κ2) is 8.49. The lowest BCUT2D eigenvalue weighted by atomic mass is 10.1. The molecule has 0 atom stereocenters. The molecule has 1 aromatic rings.